The minimum atomic E-state index is 0.167. The van der Waals surface area contributed by atoms with Crippen molar-refractivity contribution in [1.29, 1.82) is 0 Å². The van der Waals surface area contributed by atoms with Crippen LogP contribution < -0.4 is 4.90 Å². The second kappa shape index (κ2) is 6.84. The molecule has 1 amide bonds. The largest absolute Gasteiger partial charge is 0.352 e. The molecule has 128 valence electrons. The first-order valence-electron chi connectivity index (χ1n) is 8.36. The number of piperazine rings is 1. The molecular weight excluding hydrogens is 318 g/mol. The van der Waals surface area contributed by atoms with Crippen LogP contribution in [0.5, 0.6) is 0 Å². The Balaban J connectivity index is 1.38. The average molecular weight is 337 g/mol. The van der Waals surface area contributed by atoms with Crippen LogP contribution in [0.3, 0.4) is 0 Å². The second-order valence-electron chi connectivity index (χ2n) is 6.03. The zero-order chi connectivity index (χ0) is 17.1. The van der Waals surface area contributed by atoms with Crippen molar-refractivity contribution in [2.24, 2.45) is 0 Å². The topological polar surface area (TPSA) is 80.0 Å². The number of hydrogen-bond acceptors (Lipinski definition) is 6. The summed E-state index contributed by atoms with van der Waals surface area (Å²) in [5.74, 6) is 1.11. The highest BCUT2D eigenvalue weighted by Crippen LogP contribution is 2.23. The van der Waals surface area contributed by atoms with Crippen LogP contribution in [0.25, 0.3) is 10.9 Å². The summed E-state index contributed by atoms with van der Waals surface area (Å²) in [7, 11) is 0. The Kier molecular flexibility index (Phi) is 4.24. The fourth-order valence-corrected chi connectivity index (χ4v) is 3.13. The molecule has 0 atom stereocenters. The van der Waals surface area contributed by atoms with Gasteiger partial charge in [0, 0.05) is 44.5 Å². The molecule has 0 radical (unpaired) electrons. The first-order valence-corrected chi connectivity index (χ1v) is 8.36. The number of aryl methyl sites for hydroxylation is 1. The predicted molar refractivity (Wildman–Crippen MR) is 93.0 cm³/mol. The van der Waals surface area contributed by atoms with Crippen LogP contribution >= 0.6 is 0 Å². The van der Waals surface area contributed by atoms with Crippen molar-refractivity contribution < 1.29 is 4.79 Å². The standard InChI is InChI=1S/C17H19N7O/c25-16(5-6-22-12-20-21-13-22)23-7-9-24(10-8-23)17-14-3-1-2-4-15(14)18-11-19-17/h1-4,11-13H,5-10H2. The summed E-state index contributed by atoms with van der Waals surface area (Å²) < 4.78 is 1.82. The van der Waals surface area contributed by atoms with E-state index in [1.165, 1.54) is 0 Å². The van der Waals surface area contributed by atoms with Crippen molar-refractivity contribution in [3.05, 3.63) is 43.2 Å². The van der Waals surface area contributed by atoms with E-state index in [0.717, 1.165) is 29.8 Å². The van der Waals surface area contributed by atoms with Crippen LogP contribution in [0.4, 0.5) is 5.82 Å². The molecule has 3 heterocycles. The van der Waals surface area contributed by atoms with Gasteiger partial charge < -0.3 is 14.4 Å². The smallest absolute Gasteiger partial charge is 0.224 e. The van der Waals surface area contributed by atoms with Gasteiger partial charge in [0.1, 0.15) is 24.8 Å². The second-order valence-corrected chi connectivity index (χ2v) is 6.03. The van der Waals surface area contributed by atoms with Gasteiger partial charge >= 0.3 is 0 Å². The van der Waals surface area contributed by atoms with Crippen molar-refractivity contribution >= 4 is 22.6 Å². The monoisotopic (exact) mass is 337 g/mol. The lowest BCUT2D eigenvalue weighted by Crippen LogP contribution is -2.49. The van der Waals surface area contributed by atoms with E-state index in [1.807, 2.05) is 33.7 Å². The number of nitrogens with zero attached hydrogens (tertiary/aromatic N) is 7. The molecule has 0 saturated carbocycles. The molecule has 8 heteroatoms. The summed E-state index contributed by atoms with van der Waals surface area (Å²) >= 11 is 0. The number of para-hydroxylation sites is 1. The summed E-state index contributed by atoms with van der Waals surface area (Å²) in [5, 5.41) is 8.55. The summed E-state index contributed by atoms with van der Waals surface area (Å²) in [5.41, 5.74) is 0.944. The number of benzene rings is 1. The molecule has 1 saturated heterocycles. The molecule has 25 heavy (non-hydrogen) atoms. The Morgan fingerprint density at radius 1 is 1.00 bits per heavy atom. The predicted octanol–water partition coefficient (Wildman–Crippen LogP) is 0.960. The number of carbonyl (C=O) groups is 1. The third-order valence-electron chi connectivity index (χ3n) is 4.50. The third-order valence-corrected chi connectivity index (χ3v) is 4.50. The lowest BCUT2D eigenvalue weighted by molar-refractivity contribution is -0.131. The van der Waals surface area contributed by atoms with Crippen molar-refractivity contribution in [2.75, 3.05) is 31.1 Å². The molecule has 0 unspecified atom stereocenters. The molecule has 3 aromatic rings. The van der Waals surface area contributed by atoms with E-state index in [9.17, 15) is 4.79 Å². The van der Waals surface area contributed by atoms with Crippen molar-refractivity contribution in [2.45, 2.75) is 13.0 Å². The number of fused-ring (bicyclic) bond motifs is 1. The molecular formula is C17H19N7O. The highest BCUT2D eigenvalue weighted by molar-refractivity contribution is 5.89. The van der Waals surface area contributed by atoms with E-state index >= 15 is 0 Å². The van der Waals surface area contributed by atoms with Gasteiger partial charge in [-0.3, -0.25) is 4.79 Å². The van der Waals surface area contributed by atoms with Crippen LogP contribution in [0.2, 0.25) is 0 Å². The van der Waals surface area contributed by atoms with E-state index in [4.69, 9.17) is 0 Å². The molecule has 4 rings (SSSR count). The van der Waals surface area contributed by atoms with Crippen LogP contribution in [-0.2, 0) is 11.3 Å². The van der Waals surface area contributed by atoms with E-state index in [1.54, 1.807) is 19.0 Å². The normalized spacial score (nSPS) is 14.9. The Labute approximate surface area is 145 Å². The summed E-state index contributed by atoms with van der Waals surface area (Å²) in [6, 6.07) is 8.01. The number of hydrogen-bond donors (Lipinski definition) is 0. The molecule has 0 spiro atoms. The lowest BCUT2D eigenvalue weighted by atomic mass is 10.2. The Bertz CT molecular complexity index is 851. The average Bonchev–Trinajstić information content (AvgIpc) is 3.19. The van der Waals surface area contributed by atoms with Gasteiger partial charge in [0.15, 0.2) is 0 Å². The van der Waals surface area contributed by atoms with Gasteiger partial charge in [-0.05, 0) is 12.1 Å². The van der Waals surface area contributed by atoms with Crippen LogP contribution in [0.1, 0.15) is 6.42 Å². The fourth-order valence-electron chi connectivity index (χ4n) is 3.13. The van der Waals surface area contributed by atoms with Crippen molar-refractivity contribution in [3.8, 4) is 0 Å². The van der Waals surface area contributed by atoms with Crippen molar-refractivity contribution in [3.63, 3.8) is 0 Å². The number of anilines is 1. The van der Waals surface area contributed by atoms with E-state index in [0.29, 0.717) is 26.1 Å². The van der Waals surface area contributed by atoms with E-state index < -0.39 is 0 Å². The first-order chi connectivity index (χ1) is 12.3. The van der Waals surface area contributed by atoms with Gasteiger partial charge in [-0.15, -0.1) is 10.2 Å². The summed E-state index contributed by atoms with van der Waals surface area (Å²) in [6.07, 6.45) is 5.33. The van der Waals surface area contributed by atoms with Gasteiger partial charge in [-0.2, -0.15) is 0 Å². The number of rotatable bonds is 4. The van der Waals surface area contributed by atoms with Crippen LogP contribution in [-0.4, -0.2) is 61.7 Å². The Morgan fingerprint density at radius 2 is 1.76 bits per heavy atom. The maximum absolute atomic E-state index is 12.4. The molecule has 1 aliphatic rings. The zero-order valence-electron chi connectivity index (χ0n) is 13.8. The van der Waals surface area contributed by atoms with Gasteiger partial charge in [-0.25, -0.2) is 9.97 Å². The van der Waals surface area contributed by atoms with E-state index in [-0.39, 0.29) is 5.91 Å². The quantitative estimate of drug-likeness (QED) is 0.705. The SMILES string of the molecule is O=C(CCn1cnnc1)N1CCN(c2ncnc3ccccc23)CC1. The third kappa shape index (κ3) is 3.28. The highest BCUT2D eigenvalue weighted by Gasteiger charge is 2.22. The Hall–Kier alpha value is -3.03. The summed E-state index contributed by atoms with van der Waals surface area (Å²) in [6.45, 7) is 3.58. The Morgan fingerprint density at radius 3 is 2.56 bits per heavy atom. The first kappa shape index (κ1) is 15.5. The summed E-state index contributed by atoms with van der Waals surface area (Å²) in [4.78, 5) is 25.3. The number of carbonyl (C=O) groups excluding carboxylic acids is 1. The highest BCUT2D eigenvalue weighted by atomic mass is 16.2. The zero-order valence-corrected chi connectivity index (χ0v) is 13.8. The molecule has 0 bridgehead atoms. The van der Waals surface area contributed by atoms with Gasteiger partial charge in [0.25, 0.3) is 0 Å². The molecule has 1 aliphatic heterocycles. The van der Waals surface area contributed by atoms with Gasteiger partial charge in [-0.1, -0.05) is 12.1 Å². The number of amides is 1. The molecule has 0 aliphatic carbocycles. The molecule has 1 aromatic carbocycles. The fraction of sp³-hybridized carbons (Fsp3) is 0.353. The maximum Gasteiger partial charge on any atom is 0.224 e. The lowest BCUT2D eigenvalue weighted by Gasteiger charge is -2.35. The molecule has 8 nitrogen and oxygen atoms in total. The molecule has 0 N–H and O–H groups in total. The van der Waals surface area contributed by atoms with E-state index in [2.05, 4.69) is 25.1 Å². The molecule has 1 fully saturated rings. The van der Waals surface area contributed by atoms with Crippen molar-refractivity contribution in [1.82, 2.24) is 29.6 Å². The van der Waals surface area contributed by atoms with Crippen LogP contribution in [0.15, 0.2) is 43.2 Å². The maximum atomic E-state index is 12.4. The molecule has 2 aromatic heterocycles. The van der Waals surface area contributed by atoms with Gasteiger partial charge in [0.2, 0.25) is 5.91 Å². The van der Waals surface area contributed by atoms with Crippen LogP contribution in [0, 0.1) is 0 Å². The minimum Gasteiger partial charge on any atom is -0.352 e. The van der Waals surface area contributed by atoms with Gasteiger partial charge in [0.05, 0.1) is 5.52 Å². The number of aromatic nitrogens is 5. The minimum absolute atomic E-state index is 0.167.